The van der Waals surface area contributed by atoms with E-state index in [9.17, 15) is 4.79 Å². The average molecular weight is 296 g/mol. The molecule has 0 radical (unpaired) electrons. The van der Waals surface area contributed by atoms with Crippen molar-refractivity contribution in [2.75, 3.05) is 7.11 Å². The van der Waals surface area contributed by atoms with Crippen LogP contribution in [0.2, 0.25) is 0 Å². The molecule has 124 valence electrons. The van der Waals surface area contributed by atoms with Gasteiger partial charge in [-0.3, -0.25) is 4.79 Å². The van der Waals surface area contributed by atoms with Crippen molar-refractivity contribution in [2.24, 2.45) is 0 Å². The largest absolute Gasteiger partial charge is 0.469 e. The summed E-state index contributed by atoms with van der Waals surface area (Å²) in [6.07, 6.45) is 22.0. The van der Waals surface area contributed by atoms with Crippen molar-refractivity contribution in [1.82, 2.24) is 0 Å². The molecular formula is C19H36O2. The van der Waals surface area contributed by atoms with Gasteiger partial charge >= 0.3 is 5.97 Å². The molecule has 0 N–H and O–H groups in total. The molecule has 0 aliphatic carbocycles. The van der Waals surface area contributed by atoms with Crippen molar-refractivity contribution in [3.05, 3.63) is 12.2 Å². The van der Waals surface area contributed by atoms with Crippen LogP contribution in [0.5, 0.6) is 0 Å². The minimum atomic E-state index is -0.0791. The highest BCUT2D eigenvalue weighted by Gasteiger charge is 1.98. The van der Waals surface area contributed by atoms with Gasteiger partial charge < -0.3 is 4.74 Å². The molecule has 0 aromatic carbocycles. The van der Waals surface area contributed by atoms with E-state index in [2.05, 4.69) is 23.8 Å². The molecule has 0 aromatic heterocycles. The number of esters is 1. The van der Waals surface area contributed by atoms with Crippen LogP contribution in [0, 0.1) is 0 Å². The fraction of sp³-hybridized carbons (Fsp3) is 0.842. The number of unbranched alkanes of at least 4 members (excludes halogenated alkanes) is 11. The van der Waals surface area contributed by atoms with Crippen molar-refractivity contribution in [3.63, 3.8) is 0 Å². The minimum Gasteiger partial charge on any atom is -0.469 e. The maximum Gasteiger partial charge on any atom is 0.305 e. The van der Waals surface area contributed by atoms with Crippen molar-refractivity contribution >= 4 is 5.97 Å². The van der Waals surface area contributed by atoms with Crippen LogP contribution < -0.4 is 0 Å². The molecule has 0 unspecified atom stereocenters. The quantitative estimate of drug-likeness (QED) is 0.204. The fourth-order valence-corrected chi connectivity index (χ4v) is 2.44. The van der Waals surface area contributed by atoms with E-state index in [0.29, 0.717) is 6.42 Å². The van der Waals surface area contributed by atoms with Crippen LogP contribution in [0.1, 0.15) is 96.8 Å². The third-order valence-corrected chi connectivity index (χ3v) is 3.87. The number of ether oxygens (including phenoxy) is 1. The summed E-state index contributed by atoms with van der Waals surface area (Å²) in [5.41, 5.74) is 0. The van der Waals surface area contributed by atoms with Crippen LogP contribution in [0.3, 0.4) is 0 Å². The lowest BCUT2D eigenvalue weighted by Crippen LogP contribution is -1.98. The second-order valence-corrected chi connectivity index (χ2v) is 5.91. The molecule has 0 heterocycles. The van der Waals surface area contributed by atoms with Crippen LogP contribution in [0.15, 0.2) is 12.2 Å². The standard InChI is InChI=1S/C19H36O2/c1-3-4-5-6-7-8-9-10-11-12-13-14-15-16-17-18-19(20)21-2/h11-12H,3-10,13-18H2,1-2H3. The van der Waals surface area contributed by atoms with Crippen molar-refractivity contribution in [2.45, 2.75) is 96.8 Å². The Labute approximate surface area is 132 Å². The summed E-state index contributed by atoms with van der Waals surface area (Å²) in [5.74, 6) is -0.0791. The average Bonchev–Trinajstić information content (AvgIpc) is 2.50. The van der Waals surface area contributed by atoms with E-state index in [1.165, 1.54) is 77.7 Å². The maximum atomic E-state index is 10.9. The van der Waals surface area contributed by atoms with Gasteiger partial charge in [0, 0.05) is 6.42 Å². The van der Waals surface area contributed by atoms with Gasteiger partial charge in [-0.25, -0.2) is 0 Å². The lowest BCUT2D eigenvalue weighted by atomic mass is 10.1. The second kappa shape index (κ2) is 17.3. The van der Waals surface area contributed by atoms with Crippen LogP contribution in [0.25, 0.3) is 0 Å². The third-order valence-electron chi connectivity index (χ3n) is 3.87. The topological polar surface area (TPSA) is 26.3 Å². The van der Waals surface area contributed by atoms with Gasteiger partial charge in [0.15, 0.2) is 0 Å². The molecule has 0 amide bonds. The van der Waals surface area contributed by atoms with Gasteiger partial charge in [0.2, 0.25) is 0 Å². The van der Waals surface area contributed by atoms with Crippen LogP contribution in [0.4, 0.5) is 0 Å². The molecule has 0 aromatic rings. The van der Waals surface area contributed by atoms with E-state index < -0.39 is 0 Å². The minimum absolute atomic E-state index is 0.0791. The Hall–Kier alpha value is -0.790. The molecule has 0 saturated carbocycles. The highest BCUT2D eigenvalue weighted by atomic mass is 16.5. The predicted molar refractivity (Wildman–Crippen MR) is 91.5 cm³/mol. The Morgan fingerprint density at radius 1 is 0.762 bits per heavy atom. The Kier molecular flexibility index (Phi) is 16.6. The fourth-order valence-electron chi connectivity index (χ4n) is 2.44. The number of carbonyl (C=O) groups excluding carboxylic acids is 1. The maximum absolute atomic E-state index is 10.9. The zero-order chi connectivity index (χ0) is 15.6. The van der Waals surface area contributed by atoms with Gasteiger partial charge in [-0.2, -0.15) is 0 Å². The first-order valence-corrected chi connectivity index (χ1v) is 9.03. The van der Waals surface area contributed by atoms with E-state index in [1.54, 1.807) is 0 Å². The van der Waals surface area contributed by atoms with Crippen molar-refractivity contribution < 1.29 is 9.53 Å². The normalized spacial score (nSPS) is 11.1. The number of allylic oxidation sites excluding steroid dienone is 2. The molecule has 0 atom stereocenters. The first kappa shape index (κ1) is 20.2. The number of methoxy groups -OCH3 is 1. The van der Waals surface area contributed by atoms with Crippen molar-refractivity contribution in [3.8, 4) is 0 Å². The molecule has 0 bridgehead atoms. The zero-order valence-corrected chi connectivity index (χ0v) is 14.4. The van der Waals surface area contributed by atoms with Gasteiger partial charge in [-0.1, -0.05) is 70.4 Å². The molecule has 2 nitrogen and oxygen atoms in total. The van der Waals surface area contributed by atoms with Gasteiger partial charge in [0.1, 0.15) is 0 Å². The molecule has 21 heavy (non-hydrogen) atoms. The summed E-state index contributed by atoms with van der Waals surface area (Å²) in [6.45, 7) is 2.27. The van der Waals surface area contributed by atoms with Gasteiger partial charge in [0.25, 0.3) is 0 Å². The van der Waals surface area contributed by atoms with E-state index in [4.69, 9.17) is 0 Å². The molecular weight excluding hydrogens is 260 g/mol. The summed E-state index contributed by atoms with van der Waals surface area (Å²) in [6, 6.07) is 0. The number of carbonyl (C=O) groups is 1. The lowest BCUT2D eigenvalue weighted by Gasteiger charge is -2.00. The van der Waals surface area contributed by atoms with Crippen LogP contribution in [-0.4, -0.2) is 13.1 Å². The summed E-state index contributed by atoms with van der Waals surface area (Å²) >= 11 is 0. The van der Waals surface area contributed by atoms with Crippen LogP contribution >= 0.6 is 0 Å². The van der Waals surface area contributed by atoms with E-state index in [0.717, 1.165) is 12.8 Å². The summed E-state index contributed by atoms with van der Waals surface area (Å²) in [4.78, 5) is 10.9. The molecule has 0 aliphatic heterocycles. The first-order valence-electron chi connectivity index (χ1n) is 9.03. The summed E-state index contributed by atoms with van der Waals surface area (Å²) in [7, 11) is 1.46. The van der Waals surface area contributed by atoms with E-state index >= 15 is 0 Å². The lowest BCUT2D eigenvalue weighted by molar-refractivity contribution is -0.140. The highest BCUT2D eigenvalue weighted by molar-refractivity contribution is 5.68. The molecule has 0 fully saturated rings. The Bertz CT molecular complexity index is 246. The van der Waals surface area contributed by atoms with Gasteiger partial charge in [0.05, 0.1) is 7.11 Å². The van der Waals surface area contributed by atoms with E-state index in [-0.39, 0.29) is 5.97 Å². The summed E-state index contributed by atoms with van der Waals surface area (Å²) < 4.78 is 4.62. The molecule has 0 aliphatic rings. The predicted octanol–water partition coefficient (Wildman–Crippen LogP) is 6.20. The molecule has 0 spiro atoms. The summed E-state index contributed by atoms with van der Waals surface area (Å²) in [5, 5.41) is 0. The molecule has 0 rings (SSSR count). The van der Waals surface area contributed by atoms with Crippen LogP contribution in [-0.2, 0) is 9.53 Å². The monoisotopic (exact) mass is 296 g/mol. The zero-order valence-electron chi connectivity index (χ0n) is 14.4. The van der Waals surface area contributed by atoms with Gasteiger partial charge in [-0.15, -0.1) is 0 Å². The number of hydrogen-bond acceptors (Lipinski definition) is 2. The third kappa shape index (κ3) is 17.2. The number of hydrogen-bond donors (Lipinski definition) is 0. The second-order valence-electron chi connectivity index (χ2n) is 5.91. The Balaban J connectivity index is 3.10. The van der Waals surface area contributed by atoms with Gasteiger partial charge in [-0.05, 0) is 32.1 Å². The SMILES string of the molecule is CCCCCCCCCC=CCCCCCCC(=O)OC. The van der Waals surface area contributed by atoms with Crippen molar-refractivity contribution in [1.29, 1.82) is 0 Å². The number of rotatable bonds is 15. The van der Waals surface area contributed by atoms with E-state index in [1.807, 2.05) is 0 Å². The Morgan fingerprint density at radius 2 is 1.24 bits per heavy atom. The molecule has 0 saturated heterocycles. The smallest absolute Gasteiger partial charge is 0.305 e. The molecule has 2 heteroatoms. The first-order chi connectivity index (χ1) is 10.3. The Morgan fingerprint density at radius 3 is 1.76 bits per heavy atom. The highest BCUT2D eigenvalue weighted by Crippen LogP contribution is 2.10.